The van der Waals surface area contributed by atoms with Crippen molar-refractivity contribution in [3.63, 3.8) is 0 Å². The number of carbonyl (C=O) groups excluding carboxylic acids is 1. The van der Waals surface area contributed by atoms with Crippen LogP contribution in [0.5, 0.6) is 0 Å². The number of fused-ring (bicyclic) bond motifs is 1. The van der Waals surface area contributed by atoms with Crippen LogP contribution in [-0.4, -0.2) is 35.0 Å². The number of aryl methyl sites for hydroxylation is 1. The highest BCUT2D eigenvalue weighted by atomic mass is 32.2. The molecule has 1 aliphatic rings. The van der Waals surface area contributed by atoms with Gasteiger partial charge in [0.25, 0.3) is 15.9 Å². The molecule has 0 atom stereocenters. The number of carbonyl (C=O) groups is 1. The third kappa shape index (κ3) is 2.17. The summed E-state index contributed by atoms with van der Waals surface area (Å²) in [5.41, 5.74) is 7.00. The number of rotatable bonds is 3. The molecule has 2 aromatic rings. The molecule has 2 heterocycles. The maximum atomic E-state index is 12.4. The van der Waals surface area contributed by atoms with Gasteiger partial charge < -0.3 is 5.73 Å². The summed E-state index contributed by atoms with van der Waals surface area (Å²) in [5.74, 6) is -0.527. The number of benzene rings is 1. The van der Waals surface area contributed by atoms with Crippen LogP contribution < -0.4 is 5.73 Å². The predicted octanol–water partition coefficient (Wildman–Crippen LogP) is 0.389. The molecule has 0 spiro atoms. The zero-order valence-electron chi connectivity index (χ0n) is 11.4. The number of aromatic nitrogens is 2. The largest absolute Gasteiger partial charge is 0.399 e. The zero-order valence-corrected chi connectivity index (χ0v) is 12.2. The Balaban J connectivity index is 1.89. The van der Waals surface area contributed by atoms with Gasteiger partial charge in [0.1, 0.15) is 4.90 Å². The lowest BCUT2D eigenvalue weighted by Crippen LogP contribution is -2.31. The van der Waals surface area contributed by atoms with Crippen LogP contribution in [0.25, 0.3) is 0 Å². The first-order valence-electron chi connectivity index (χ1n) is 6.34. The van der Waals surface area contributed by atoms with E-state index in [1.807, 2.05) is 0 Å². The van der Waals surface area contributed by atoms with Crippen molar-refractivity contribution in [1.29, 1.82) is 0 Å². The molecule has 0 saturated heterocycles. The molecule has 21 heavy (non-hydrogen) atoms. The van der Waals surface area contributed by atoms with Crippen molar-refractivity contribution in [3.05, 3.63) is 41.7 Å². The Morgan fingerprint density at radius 3 is 2.76 bits per heavy atom. The topological polar surface area (TPSA) is 98.3 Å². The van der Waals surface area contributed by atoms with E-state index in [0.717, 1.165) is 9.87 Å². The van der Waals surface area contributed by atoms with Gasteiger partial charge in [-0.05, 0) is 30.2 Å². The molecule has 1 amide bonds. The van der Waals surface area contributed by atoms with Crippen molar-refractivity contribution < 1.29 is 13.2 Å². The van der Waals surface area contributed by atoms with Gasteiger partial charge in [-0.3, -0.25) is 9.48 Å². The van der Waals surface area contributed by atoms with Crippen molar-refractivity contribution in [3.8, 4) is 0 Å². The standard InChI is InChI=1S/C13H14N4O3S/c1-16-8-9(7-15-16)4-5-17-13(18)11-6-10(14)2-3-12(11)21(17,19)20/h2-3,6-8H,4-5,14H2,1H3. The minimum atomic E-state index is -3.77. The molecule has 7 nitrogen and oxygen atoms in total. The molecule has 0 aliphatic carbocycles. The number of nitrogens with two attached hydrogens (primary N) is 1. The second-order valence-corrected chi connectivity index (χ2v) is 6.74. The fraction of sp³-hybridized carbons (Fsp3) is 0.231. The molecular weight excluding hydrogens is 292 g/mol. The van der Waals surface area contributed by atoms with Crippen LogP contribution in [0.15, 0.2) is 35.5 Å². The number of hydrogen-bond acceptors (Lipinski definition) is 5. The third-order valence-corrected chi connectivity index (χ3v) is 5.23. The highest BCUT2D eigenvalue weighted by Crippen LogP contribution is 2.31. The van der Waals surface area contributed by atoms with Gasteiger partial charge in [0.2, 0.25) is 0 Å². The van der Waals surface area contributed by atoms with Gasteiger partial charge in [-0.2, -0.15) is 5.10 Å². The summed E-state index contributed by atoms with van der Waals surface area (Å²) in [7, 11) is -2.00. The summed E-state index contributed by atoms with van der Waals surface area (Å²) in [5, 5.41) is 4.02. The predicted molar refractivity (Wildman–Crippen MR) is 76.0 cm³/mol. The van der Waals surface area contributed by atoms with Crippen molar-refractivity contribution >= 4 is 21.6 Å². The molecule has 1 aromatic heterocycles. The van der Waals surface area contributed by atoms with Crippen LogP contribution in [0.3, 0.4) is 0 Å². The average molecular weight is 306 g/mol. The molecule has 1 aromatic carbocycles. The smallest absolute Gasteiger partial charge is 0.269 e. The summed E-state index contributed by atoms with van der Waals surface area (Å²) in [6, 6.07) is 4.26. The fourth-order valence-electron chi connectivity index (χ4n) is 2.36. The highest BCUT2D eigenvalue weighted by Gasteiger charge is 2.40. The Morgan fingerprint density at radius 1 is 1.33 bits per heavy atom. The maximum absolute atomic E-state index is 12.4. The summed E-state index contributed by atoms with van der Waals surface area (Å²) in [4.78, 5) is 12.3. The van der Waals surface area contributed by atoms with E-state index in [9.17, 15) is 13.2 Å². The first kappa shape index (κ1) is 13.6. The lowest BCUT2D eigenvalue weighted by molar-refractivity contribution is 0.0872. The first-order chi connectivity index (χ1) is 9.89. The van der Waals surface area contributed by atoms with Gasteiger partial charge in [-0.1, -0.05) is 0 Å². The third-order valence-electron chi connectivity index (χ3n) is 3.39. The van der Waals surface area contributed by atoms with Gasteiger partial charge in [0.15, 0.2) is 0 Å². The summed E-state index contributed by atoms with van der Waals surface area (Å²) in [6.07, 6.45) is 3.86. The summed E-state index contributed by atoms with van der Waals surface area (Å²) < 4.78 is 27.3. The van der Waals surface area contributed by atoms with Crippen molar-refractivity contribution in [2.75, 3.05) is 12.3 Å². The Hall–Kier alpha value is -2.35. The molecule has 110 valence electrons. The molecule has 0 unspecified atom stereocenters. The number of nitrogens with zero attached hydrogens (tertiary/aromatic N) is 3. The lowest BCUT2D eigenvalue weighted by atomic mass is 10.2. The van der Waals surface area contributed by atoms with E-state index in [1.54, 1.807) is 24.1 Å². The number of amides is 1. The molecule has 1 aliphatic heterocycles. The Kier molecular flexibility index (Phi) is 2.98. The molecule has 8 heteroatoms. The van der Waals surface area contributed by atoms with E-state index in [-0.39, 0.29) is 17.0 Å². The fourth-order valence-corrected chi connectivity index (χ4v) is 3.91. The van der Waals surface area contributed by atoms with E-state index < -0.39 is 15.9 Å². The number of nitrogen functional groups attached to an aromatic ring is 1. The maximum Gasteiger partial charge on any atom is 0.269 e. The Labute approximate surface area is 122 Å². The highest BCUT2D eigenvalue weighted by molar-refractivity contribution is 7.90. The SMILES string of the molecule is Cn1cc(CCN2C(=O)c3cc(N)ccc3S2(=O)=O)cn1. The van der Waals surface area contributed by atoms with Crippen molar-refractivity contribution in [2.24, 2.45) is 7.05 Å². The molecule has 2 N–H and O–H groups in total. The second kappa shape index (κ2) is 4.59. The Morgan fingerprint density at radius 2 is 2.10 bits per heavy atom. The van der Waals surface area contributed by atoms with Gasteiger partial charge in [0.05, 0.1) is 11.8 Å². The summed E-state index contributed by atoms with van der Waals surface area (Å²) >= 11 is 0. The van der Waals surface area contributed by atoms with Crippen LogP contribution in [0.4, 0.5) is 5.69 Å². The van der Waals surface area contributed by atoms with E-state index in [0.29, 0.717) is 12.1 Å². The van der Waals surface area contributed by atoms with Gasteiger partial charge in [-0.25, -0.2) is 12.7 Å². The molecule has 0 saturated carbocycles. The van der Waals surface area contributed by atoms with Crippen LogP contribution in [0.1, 0.15) is 15.9 Å². The van der Waals surface area contributed by atoms with E-state index in [4.69, 9.17) is 5.73 Å². The lowest BCUT2D eigenvalue weighted by Gasteiger charge is -2.14. The zero-order chi connectivity index (χ0) is 15.2. The first-order valence-corrected chi connectivity index (χ1v) is 7.78. The molecule has 0 bridgehead atoms. The van der Waals surface area contributed by atoms with Crippen LogP contribution in [-0.2, 0) is 23.5 Å². The van der Waals surface area contributed by atoms with Crippen LogP contribution >= 0.6 is 0 Å². The van der Waals surface area contributed by atoms with E-state index in [1.165, 1.54) is 18.2 Å². The van der Waals surface area contributed by atoms with Crippen LogP contribution in [0.2, 0.25) is 0 Å². The number of anilines is 1. The van der Waals surface area contributed by atoms with E-state index >= 15 is 0 Å². The van der Waals surface area contributed by atoms with Crippen LogP contribution in [0, 0.1) is 0 Å². The number of sulfonamides is 1. The summed E-state index contributed by atoms with van der Waals surface area (Å²) in [6.45, 7) is 0.0848. The van der Waals surface area contributed by atoms with E-state index in [2.05, 4.69) is 5.10 Å². The Bertz CT molecular complexity index is 826. The average Bonchev–Trinajstić information content (AvgIpc) is 2.90. The van der Waals surface area contributed by atoms with Crippen molar-refractivity contribution in [2.45, 2.75) is 11.3 Å². The van der Waals surface area contributed by atoms with Gasteiger partial charge in [0, 0.05) is 25.5 Å². The van der Waals surface area contributed by atoms with Gasteiger partial charge >= 0.3 is 0 Å². The number of hydrogen-bond donors (Lipinski definition) is 1. The molecule has 3 rings (SSSR count). The minimum Gasteiger partial charge on any atom is -0.399 e. The van der Waals surface area contributed by atoms with Crippen molar-refractivity contribution in [1.82, 2.24) is 14.1 Å². The second-order valence-electron chi connectivity index (χ2n) is 4.91. The molecular formula is C13H14N4O3S. The quantitative estimate of drug-likeness (QED) is 0.827. The minimum absolute atomic E-state index is 0.0212. The monoisotopic (exact) mass is 306 g/mol. The molecule has 0 fully saturated rings. The van der Waals surface area contributed by atoms with Gasteiger partial charge in [-0.15, -0.1) is 0 Å². The normalized spacial score (nSPS) is 16.2. The molecule has 0 radical (unpaired) electrons.